The number of rotatable bonds is 2. The average molecular weight is 379 g/mol. The Bertz CT molecular complexity index is 1010. The first-order valence-corrected chi connectivity index (χ1v) is 9.56. The molecule has 0 aromatic heterocycles. The van der Waals surface area contributed by atoms with Gasteiger partial charge in [0.25, 0.3) is 0 Å². The number of hydrogen-bond donors (Lipinski definition) is 0. The molecule has 1 atom stereocenters. The van der Waals surface area contributed by atoms with Crippen molar-refractivity contribution in [2.45, 2.75) is 23.3 Å². The number of carbonyl (C=O) groups is 1. The number of hydrogen-bond acceptors (Lipinski definition) is 4. The summed E-state index contributed by atoms with van der Waals surface area (Å²) in [5, 5.41) is 0. The third kappa shape index (κ3) is 2.52. The maximum absolute atomic E-state index is 14.0. The van der Waals surface area contributed by atoms with Gasteiger partial charge in [0.2, 0.25) is 10.0 Å². The van der Waals surface area contributed by atoms with Crippen molar-refractivity contribution in [2.24, 2.45) is 0 Å². The number of piperidine rings is 1. The molecule has 2 aromatic rings. The maximum atomic E-state index is 14.0. The summed E-state index contributed by atoms with van der Waals surface area (Å²) in [7, 11) is -4.27. The monoisotopic (exact) mass is 379 g/mol. The standard InChI is InChI=1S/C18H15F2NO4S/c19-12-6-7-15(20)16(10-12)26(23,24)21-9-3-8-18(11-21)14-5-2-1-4-13(14)17(22)25-18/h1-2,4-7,10H,3,8-9,11H2. The Hall–Kier alpha value is -2.32. The van der Waals surface area contributed by atoms with Crippen LogP contribution in [0.1, 0.15) is 28.8 Å². The molecule has 0 amide bonds. The van der Waals surface area contributed by atoms with E-state index in [-0.39, 0.29) is 13.1 Å². The van der Waals surface area contributed by atoms with Gasteiger partial charge in [0, 0.05) is 12.1 Å². The number of halogens is 2. The van der Waals surface area contributed by atoms with Gasteiger partial charge in [0.05, 0.1) is 12.1 Å². The first-order chi connectivity index (χ1) is 12.3. The van der Waals surface area contributed by atoms with Gasteiger partial charge in [-0.2, -0.15) is 4.31 Å². The molecule has 0 saturated carbocycles. The second kappa shape index (κ2) is 5.85. The lowest BCUT2D eigenvalue weighted by atomic mass is 9.86. The highest BCUT2D eigenvalue weighted by Crippen LogP contribution is 2.43. The smallest absolute Gasteiger partial charge is 0.339 e. The van der Waals surface area contributed by atoms with Crippen LogP contribution < -0.4 is 0 Å². The van der Waals surface area contributed by atoms with Crippen LogP contribution in [0.2, 0.25) is 0 Å². The lowest BCUT2D eigenvalue weighted by Crippen LogP contribution is -2.48. The van der Waals surface area contributed by atoms with Crippen LogP contribution in [0.3, 0.4) is 0 Å². The molecule has 26 heavy (non-hydrogen) atoms. The van der Waals surface area contributed by atoms with E-state index >= 15 is 0 Å². The fourth-order valence-electron chi connectivity index (χ4n) is 3.65. The lowest BCUT2D eigenvalue weighted by Gasteiger charge is -2.38. The number of sulfonamides is 1. The van der Waals surface area contributed by atoms with Crippen LogP contribution in [0.25, 0.3) is 0 Å². The predicted octanol–water partition coefficient (Wildman–Crippen LogP) is 2.82. The summed E-state index contributed by atoms with van der Waals surface area (Å²) in [6.45, 7) is 0.00773. The molecule has 0 bridgehead atoms. The number of ether oxygens (including phenoxy) is 1. The number of nitrogens with zero attached hydrogens (tertiary/aromatic N) is 1. The summed E-state index contributed by atoms with van der Waals surface area (Å²) in [6, 6.07) is 9.14. The first kappa shape index (κ1) is 17.1. The molecule has 2 aliphatic heterocycles. The van der Waals surface area contributed by atoms with Gasteiger partial charge in [-0.05, 0) is 37.1 Å². The van der Waals surface area contributed by atoms with Gasteiger partial charge in [-0.1, -0.05) is 18.2 Å². The zero-order valence-electron chi connectivity index (χ0n) is 13.6. The quantitative estimate of drug-likeness (QED) is 0.753. The topological polar surface area (TPSA) is 63.7 Å². The molecule has 4 rings (SSSR count). The molecule has 5 nitrogen and oxygen atoms in total. The minimum atomic E-state index is -4.27. The summed E-state index contributed by atoms with van der Waals surface area (Å²) in [6.07, 6.45) is 0.894. The summed E-state index contributed by atoms with van der Waals surface area (Å²) >= 11 is 0. The largest absolute Gasteiger partial charge is 0.449 e. The van der Waals surface area contributed by atoms with E-state index in [1.165, 1.54) is 0 Å². The summed E-state index contributed by atoms with van der Waals surface area (Å²) in [5.41, 5.74) is -0.0590. The van der Waals surface area contributed by atoms with E-state index in [2.05, 4.69) is 0 Å². The Morgan fingerprint density at radius 2 is 1.88 bits per heavy atom. The fourth-order valence-corrected chi connectivity index (χ4v) is 5.25. The zero-order valence-corrected chi connectivity index (χ0v) is 14.4. The van der Waals surface area contributed by atoms with Crippen LogP contribution >= 0.6 is 0 Å². The van der Waals surface area contributed by atoms with E-state index < -0.39 is 38.1 Å². The molecule has 1 saturated heterocycles. The highest BCUT2D eigenvalue weighted by molar-refractivity contribution is 7.89. The molecule has 8 heteroatoms. The van der Waals surface area contributed by atoms with Crippen molar-refractivity contribution in [2.75, 3.05) is 13.1 Å². The van der Waals surface area contributed by atoms with Crippen molar-refractivity contribution in [3.63, 3.8) is 0 Å². The van der Waals surface area contributed by atoms with E-state index in [1.807, 2.05) is 0 Å². The zero-order chi connectivity index (χ0) is 18.5. The molecular weight excluding hydrogens is 364 g/mol. The first-order valence-electron chi connectivity index (χ1n) is 8.12. The van der Waals surface area contributed by atoms with Gasteiger partial charge in [0.1, 0.15) is 16.5 Å². The molecular formula is C18H15F2NO4S. The van der Waals surface area contributed by atoms with Crippen molar-refractivity contribution in [1.29, 1.82) is 0 Å². The Balaban J connectivity index is 1.74. The second-order valence-corrected chi connectivity index (χ2v) is 8.35. The summed E-state index contributed by atoms with van der Waals surface area (Å²) in [5.74, 6) is -2.36. The fraction of sp³-hybridized carbons (Fsp3) is 0.278. The van der Waals surface area contributed by atoms with Gasteiger partial charge in [-0.3, -0.25) is 0 Å². The number of esters is 1. The lowest BCUT2D eigenvalue weighted by molar-refractivity contribution is -0.0345. The van der Waals surface area contributed by atoms with Gasteiger partial charge < -0.3 is 4.74 Å². The molecule has 1 unspecified atom stereocenters. The molecule has 0 N–H and O–H groups in total. The van der Waals surface area contributed by atoms with Crippen LogP contribution in [-0.4, -0.2) is 31.8 Å². The van der Waals surface area contributed by atoms with E-state index in [4.69, 9.17) is 4.74 Å². The van der Waals surface area contributed by atoms with E-state index in [9.17, 15) is 22.0 Å². The van der Waals surface area contributed by atoms with Crippen LogP contribution in [0.5, 0.6) is 0 Å². The van der Waals surface area contributed by atoms with Gasteiger partial charge in [-0.15, -0.1) is 0 Å². The van der Waals surface area contributed by atoms with E-state index in [0.29, 0.717) is 30.0 Å². The van der Waals surface area contributed by atoms with E-state index in [0.717, 1.165) is 16.4 Å². The Labute approximate surface area is 149 Å². The summed E-state index contributed by atoms with van der Waals surface area (Å²) in [4.78, 5) is 11.4. The molecule has 136 valence electrons. The SMILES string of the molecule is O=C1OC2(CCCN(S(=O)(=O)c3cc(F)ccc3F)C2)c2ccccc21. The maximum Gasteiger partial charge on any atom is 0.339 e. The van der Waals surface area contributed by atoms with Crippen LogP contribution in [-0.2, 0) is 20.4 Å². The van der Waals surface area contributed by atoms with Gasteiger partial charge >= 0.3 is 5.97 Å². The predicted molar refractivity (Wildman–Crippen MR) is 87.9 cm³/mol. The highest BCUT2D eigenvalue weighted by atomic mass is 32.2. The summed E-state index contributed by atoms with van der Waals surface area (Å²) < 4.78 is 59.9. The Kier molecular flexibility index (Phi) is 3.85. The van der Waals surface area contributed by atoms with Gasteiger partial charge in [0.15, 0.2) is 5.60 Å². The molecule has 0 radical (unpaired) electrons. The third-order valence-electron chi connectivity index (χ3n) is 4.86. The third-order valence-corrected chi connectivity index (χ3v) is 6.72. The molecule has 1 spiro atoms. The van der Waals surface area contributed by atoms with Crippen molar-refractivity contribution in [3.8, 4) is 0 Å². The second-order valence-electron chi connectivity index (χ2n) is 6.45. The normalized spacial score (nSPS) is 23.1. The molecule has 2 aromatic carbocycles. The molecule has 2 aliphatic rings. The van der Waals surface area contributed by atoms with Crippen molar-refractivity contribution < 1.29 is 26.7 Å². The number of benzene rings is 2. The molecule has 2 heterocycles. The minimum Gasteiger partial charge on any atom is -0.449 e. The van der Waals surface area contributed by atoms with Crippen LogP contribution in [0, 0.1) is 11.6 Å². The van der Waals surface area contributed by atoms with Crippen molar-refractivity contribution in [1.82, 2.24) is 4.31 Å². The minimum absolute atomic E-state index is 0.131. The Morgan fingerprint density at radius 3 is 2.69 bits per heavy atom. The number of carbonyl (C=O) groups excluding carboxylic acids is 1. The van der Waals surface area contributed by atoms with Crippen molar-refractivity contribution >= 4 is 16.0 Å². The Morgan fingerprint density at radius 1 is 1.12 bits per heavy atom. The number of fused-ring (bicyclic) bond motifs is 2. The van der Waals surface area contributed by atoms with Crippen LogP contribution in [0.4, 0.5) is 8.78 Å². The average Bonchev–Trinajstić information content (AvgIpc) is 2.89. The van der Waals surface area contributed by atoms with Crippen molar-refractivity contribution in [3.05, 3.63) is 65.2 Å². The van der Waals surface area contributed by atoms with E-state index in [1.54, 1.807) is 24.3 Å². The highest BCUT2D eigenvalue weighted by Gasteiger charge is 2.50. The molecule has 0 aliphatic carbocycles. The van der Waals surface area contributed by atoms with Gasteiger partial charge in [-0.25, -0.2) is 22.0 Å². The van der Waals surface area contributed by atoms with Crippen LogP contribution in [0.15, 0.2) is 47.4 Å². The molecule has 1 fully saturated rings.